The number of hydrogen-bond acceptors (Lipinski definition) is 3. The minimum atomic E-state index is -0.266. The van der Waals surface area contributed by atoms with Gasteiger partial charge >= 0.3 is 0 Å². The second-order valence-electron chi connectivity index (χ2n) is 9.10. The molecule has 0 bridgehead atoms. The van der Waals surface area contributed by atoms with Crippen molar-refractivity contribution < 1.29 is 14.4 Å². The Balaban J connectivity index is 1.47. The largest absolute Gasteiger partial charge is 0.347 e. The minimum absolute atomic E-state index is 0.0298. The van der Waals surface area contributed by atoms with Crippen molar-refractivity contribution in [1.82, 2.24) is 10.2 Å². The highest BCUT2D eigenvalue weighted by Crippen LogP contribution is 2.20. The molecule has 2 aromatic carbocycles. The number of piperidine rings is 1. The number of likely N-dealkylation sites (tertiary alicyclic amines) is 1. The first-order valence-corrected chi connectivity index (χ1v) is 11.5. The number of nitrogens with zero attached hydrogens (tertiary/aromatic N) is 1. The maximum Gasteiger partial charge on any atom is 0.251 e. The van der Waals surface area contributed by atoms with Gasteiger partial charge in [-0.25, -0.2) is 0 Å². The van der Waals surface area contributed by atoms with Crippen molar-refractivity contribution >= 4 is 29.5 Å². The summed E-state index contributed by atoms with van der Waals surface area (Å²) >= 11 is 0. The molecular formula is C27H33N3O3. The Morgan fingerprint density at radius 2 is 1.64 bits per heavy atom. The lowest BCUT2D eigenvalue weighted by atomic mass is 9.95. The van der Waals surface area contributed by atoms with Crippen molar-refractivity contribution in [1.29, 1.82) is 0 Å². The summed E-state index contributed by atoms with van der Waals surface area (Å²) in [5, 5.41) is 5.94. The third-order valence-electron chi connectivity index (χ3n) is 6.15. The number of benzene rings is 2. The van der Waals surface area contributed by atoms with Gasteiger partial charge < -0.3 is 15.5 Å². The maximum absolute atomic E-state index is 12.7. The minimum Gasteiger partial charge on any atom is -0.347 e. The molecule has 0 aliphatic carbocycles. The molecule has 3 amide bonds. The maximum atomic E-state index is 12.7. The van der Waals surface area contributed by atoms with Gasteiger partial charge in [-0.3, -0.25) is 14.4 Å². The van der Waals surface area contributed by atoms with Crippen LogP contribution in [0.4, 0.5) is 5.69 Å². The molecule has 0 atom stereocenters. The van der Waals surface area contributed by atoms with E-state index in [0.29, 0.717) is 37.2 Å². The van der Waals surface area contributed by atoms with Crippen molar-refractivity contribution in [3.05, 3.63) is 71.8 Å². The van der Waals surface area contributed by atoms with Crippen LogP contribution in [0.2, 0.25) is 0 Å². The average Bonchev–Trinajstić information content (AvgIpc) is 2.83. The normalized spacial score (nSPS) is 14.8. The summed E-state index contributed by atoms with van der Waals surface area (Å²) < 4.78 is 0. The zero-order chi connectivity index (χ0) is 23.8. The van der Waals surface area contributed by atoms with E-state index in [1.807, 2.05) is 57.2 Å². The third kappa shape index (κ3) is 7.04. The Morgan fingerprint density at radius 1 is 1.00 bits per heavy atom. The zero-order valence-corrected chi connectivity index (χ0v) is 19.6. The molecule has 2 N–H and O–H groups in total. The van der Waals surface area contributed by atoms with Crippen molar-refractivity contribution in [3.63, 3.8) is 0 Å². The van der Waals surface area contributed by atoms with Gasteiger partial charge in [0.2, 0.25) is 11.8 Å². The van der Waals surface area contributed by atoms with Crippen LogP contribution >= 0.6 is 0 Å². The highest BCUT2D eigenvalue weighted by Gasteiger charge is 2.26. The predicted molar refractivity (Wildman–Crippen MR) is 132 cm³/mol. The average molecular weight is 448 g/mol. The summed E-state index contributed by atoms with van der Waals surface area (Å²) in [6.45, 7) is 7.11. The molecule has 0 spiro atoms. The fourth-order valence-electron chi connectivity index (χ4n) is 3.62. The monoisotopic (exact) mass is 447 g/mol. The molecule has 6 heteroatoms. The van der Waals surface area contributed by atoms with E-state index < -0.39 is 0 Å². The van der Waals surface area contributed by atoms with E-state index in [0.717, 1.165) is 12.0 Å². The van der Waals surface area contributed by atoms with E-state index in [1.165, 1.54) is 0 Å². The molecule has 1 aliphatic heterocycles. The smallest absolute Gasteiger partial charge is 0.251 e. The number of nitrogens with one attached hydrogen (secondary N) is 2. The van der Waals surface area contributed by atoms with Gasteiger partial charge in [0, 0.05) is 41.9 Å². The van der Waals surface area contributed by atoms with Gasteiger partial charge in [0.05, 0.1) is 0 Å². The van der Waals surface area contributed by atoms with Crippen molar-refractivity contribution in [2.45, 2.75) is 45.6 Å². The SMILES string of the molecule is CCC(C)(C)NC(=O)c1ccc(NC(=O)C2CCN(C(=O)/C=C/c3ccccc3)CC2)cc1. The fraction of sp³-hybridized carbons (Fsp3) is 0.370. The fourth-order valence-corrected chi connectivity index (χ4v) is 3.62. The first-order chi connectivity index (χ1) is 15.8. The number of rotatable bonds is 7. The second kappa shape index (κ2) is 10.9. The Bertz CT molecular complexity index is 989. The number of carbonyl (C=O) groups is 3. The number of anilines is 1. The summed E-state index contributed by atoms with van der Waals surface area (Å²) in [6, 6.07) is 16.6. The molecule has 1 fully saturated rings. The third-order valence-corrected chi connectivity index (χ3v) is 6.15. The molecule has 1 heterocycles. The Kier molecular flexibility index (Phi) is 8.04. The van der Waals surface area contributed by atoms with Crippen LogP contribution in [0.5, 0.6) is 0 Å². The van der Waals surface area contributed by atoms with Crippen LogP contribution < -0.4 is 10.6 Å². The van der Waals surface area contributed by atoms with Crippen LogP contribution in [-0.2, 0) is 9.59 Å². The lowest BCUT2D eigenvalue weighted by Crippen LogP contribution is -2.42. The van der Waals surface area contributed by atoms with Gasteiger partial charge in [-0.1, -0.05) is 37.3 Å². The Morgan fingerprint density at radius 3 is 2.24 bits per heavy atom. The standard InChI is InChI=1S/C27H33N3O3/c1-4-27(2,3)29-26(33)21-11-13-23(14-12-21)28-25(32)22-16-18-30(19-17-22)24(31)15-10-20-8-6-5-7-9-20/h5-15,22H,4,16-19H2,1-3H3,(H,28,32)(H,29,33)/b15-10+. The molecule has 33 heavy (non-hydrogen) atoms. The number of hydrogen-bond donors (Lipinski definition) is 2. The highest BCUT2D eigenvalue weighted by molar-refractivity contribution is 5.97. The predicted octanol–water partition coefficient (Wildman–Crippen LogP) is 4.50. The van der Waals surface area contributed by atoms with Gasteiger partial charge in [0.15, 0.2) is 0 Å². The molecule has 0 unspecified atom stereocenters. The van der Waals surface area contributed by atoms with Crippen LogP contribution in [0, 0.1) is 5.92 Å². The number of carbonyl (C=O) groups excluding carboxylic acids is 3. The van der Waals surface area contributed by atoms with E-state index in [2.05, 4.69) is 10.6 Å². The summed E-state index contributed by atoms with van der Waals surface area (Å²) in [5.74, 6) is -0.345. The first-order valence-electron chi connectivity index (χ1n) is 11.5. The molecule has 1 aliphatic rings. The van der Waals surface area contributed by atoms with Crippen LogP contribution in [-0.4, -0.2) is 41.2 Å². The topological polar surface area (TPSA) is 78.5 Å². The number of amides is 3. The first kappa shape index (κ1) is 24.2. The van der Waals surface area contributed by atoms with Crippen LogP contribution in [0.3, 0.4) is 0 Å². The molecule has 2 aromatic rings. The summed E-state index contributed by atoms with van der Waals surface area (Å²) in [7, 11) is 0. The second-order valence-corrected chi connectivity index (χ2v) is 9.10. The molecule has 0 radical (unpaired) electrons. The van der Waals surface area contributed by atoms with E-state index >= 15 is 0 Å². The zero-order valence-electron chi connectivity index (χ0n) is 19.6. The Labute approximate surface area is 196 Å². The van der Waals surface area contributed by atoms with E-state index in [9.17, 15) is 14.4 Å². The van der Waals surface area contributed by atoms with Crippen LogP contribution in [0.15, 0.2) is 60.7 Å². The van der Waals surface area contributed by atoms with E-state index in [4.69, 9.17) is 0 Å². The molecule has 174 valence electrons. The van der Waals surface area contributed by atoms with Crippen molar-refractivity contribution in [3.8, 4) is 0 Å². The summed E-state index contributed by atoms with van der Waals surface area (Å²) in [5.41, 5.74) is 1.94. The van der Waals surface area contributed by atoms with E-state index in [1.54, 1.807) is 35.2 Å². The van der Waals surface area contributed by atoms with Gasteiger partial charge in [-0.15, -0.1) is 0 Å². The molecular weight excluding hydrogens is 414 g/mol. The quantitative estimate of drug-likeness (QED) is 0.614. The van der Waals surface area contributed by atoms with Gasteiger partial charge in [0.25, 0.3) is 5.91 Å². The van der Waals surface area contributed by atoms with Crippen molar-refractivity contribution in [2.24, 2.45) is 5.92 Å². The molecule has 0 aromatic heterocycles. The Hall–Kier alpha value is -3.41. The summed E-state index contributed by atoms with van der Waals surface area (Å²) in [6.07, 6.45) is 5.50. The van der Waals surface area contributed by atoms with Crippen molar-refractivity contribution in [2.75, 3.05) is 18.4 Å². The molecule has 1 saturated heterocycles. The van der Waals surface area contributed by atoms with Gasteiger partial charge in [-0.2, -0.15) is 0 Å². The lowest BCUT2D eigenvalue weighted by Gasteiger charge is -2.30. The molecule has 6 nitrogen and oxygen atoms in total. The van der Waals surface area contributed by atoms with Gasteiger partial charge in [0.1, 0.15) is 0 Å². The molecule has 0 saturated carbocycles. The summed E-state index contributed by atoms with van der Waals surface area (Å²) in [4.78, 5) is 39.3. The highest BCUT2D eigenvalue weighted by atomic mass is 16.2. The molecule has 3 rings (SSSR count). The van der Waals surface area contributed by atoms with E-state index in [-0.39, 0.29) is 29.2 Å². The van der Waals surface area contributed by atoms with Crippen LogP contribution in [0.25, 0.3) is 6.08 Å². The lowest BCUT2D eigenvalue weighted by molar-refractivity contribution is -0.130. The van der Waals surface area contributed by atoms with Gasteiger partial charge in [-0.05, 0) is 69.0 Å². The van der Waals surface area contributed by atoms with Crippen LogP contribution in [0.1, 0.15) is 56.0 Å².